The maximum atomic E-state index is 4.19. The zero-order chi connectivity index (χ0) is 13.0. The lowest BCUT2D eigenvalue weighted by Crippen LogP contribution is -2.20. The average Bonchev–Trinajstić information content (AvgIpc) is 2.78. The summed E-state index contributed by atoms with van der Waals surface area (Å²) in [6.07, 6.45) is 1.80. The second-order valence-corrected chi connectivity index (χ2v) is 4.91. The van der Waals surface area contributed by atoms with E-state index in [0.29, 0.717) is 6.04 Å². The number of rotatable bonds is 5. The highest BCUT2D eigenvalue weighted by Crippen LogP contribution is 2.10. The molecule has 4 heteroatoms. The van der Waals surface area contributed by atoms with Crippen LogP contribution < -0.4 is 0 Å². The topological polar surface area (TPSA) is 34.0 Å². The van der Waals surface area contributed by atoms with Crippen LogP contribution >= 0.6 is 0 Å². The average molecular weight is 244 g/mol. The molecule has 0 amide bonds. The van der Waals surface area contributed by atoms with Gasteiger partial charge in [-0.2, -0.15) is 0 Å². The van der Waals surface area contributed by atoms with E-state index >= 15 is 0 Å². The summed E-state index contributed by atoms with van der Waals surface area (Å²) in [7, 11) is 2.10. The van der Waals surface area contributed by atoms with Gasteiger partial charge in [0.15, 0.2) is 0 Å². The molecular formula is C14H20N4. The van der Waals surface area contributed by atoms with Crippen molar-refractivity contribution in [1.29, 1.82) is 0 Å². The zero-order valence-corrected chi connectivity index (χ0v) is 11.2. The van der Waals surface area contributed by atoms with Crippen LogP contribution in [0.4, 0.5) is 0 Å². The van der Waals surface area contributed by atoms with Gasteiger partial charge in [-0.25, -0.2) is 0 Å². The quantitative estimate of drug-likeness (QED) is 0.810. The molecule has 1 aromatic carbocycles. The highest BCUT2D eigenvalue weighted by atomic mass is 15.3. The second-order valence-electron chi connectivity index (χ2n) is 4.91. The summed E-state index contributed by atoms with van der Waals surface area (Å²) in [5, 5.41) is 8.18. The Balaban J connectivity index is 1.99. The molecule has 96 valence electrons. The fourth-order valence-electron chi connectivity index (χ4n) is 2.00. The van der Waals surface area contributed by atoms with E-state index in [1.165, 1.54) is 5.56 Å². The minimum absolute atomic E-state index is 0.403. The smallest absolute Gasteiger partial charge is 0.147 e. The van der Waals surface area contributed by atoms with Gasteiger partial charge in [-0.15, -0.1) is 10.2 Å². The minimum atomic E-state index is 0.403. The van der Waals surface area contributed by atoms with Crippen LogP contribution in [0.25, 0.3) is 0 Å². The Bertz CT molecular complexity index is 476. The van der Waals surface area contributed by atoms with Crippen molar-refractivity contribution in [2.45, 2.75) is 33.0 Å². The highest BCUT2D eigenvalue weighted by molar-refractivity contribution is 5.14. The van der Waals surface area contributed by atoms with Gasteiger partial charge >= 0.3 is 0 Å². The maximum absolute atomic E-state index is 4.19. The molecule has 0 atom stereocenters. The molecule has 1 heterocycles. The predicted octanol–water partition coefficient (Wildman–Crippen LogP) is 2.49. The third-order valence-electron chi connectivity index (χ3n) is 2.91. The fraction of sp³-hybridized carbons (Fsp3) is 0.429. The van der Waals surface area contributed by atoms with Gasteiger partial charge < -0.3 is 4.57 Å². The third kappa shape index (κ3) is 3.17. The van der Waals surface area contributed by atoms with Crippen molar-refractivity contribution < 1.29 is 0 Å². The van der Waals surface area contributed by atoms with Crippen LogP contribution in [0.3, 0.4) is 0 Å². The molecule has 2 rings (SSSR count). The highest BCUT2D eigenvalue weighted by Gasteiger charge is 2.10. The van der Waals surface area contributed by atoms with Gasteiger partial charge in [-0.3, -0.25) is 4.90 Å². The molecule has 0 aliphatic heterocycles. The number of benzene rings is 1. The normalized spacial score (nSPS) is 11.4. The van der Waals surface area contributed by atoms with Crippen LogP contribution in [-0.4, -0.2) is 26.7 Å². The summed E-state index contributed by atoms with van der Waals surface area (Å²) in [6.45, 7) is 6.02. The molecule has 4 nitrogen and oxygen atoms in total. The molecular weight excluding hydrogens is 224 g/mol. The standard InChI is InChI=1S/C14H20N4/c1-12(2)18-11-15-16-14(18)10-17(3)9-13-7-5-4-6-8-13/h4-8,11-12H,9-10H2,1-3H3. The summed E-state index contributed by atoms with van der Waals surface area (Å²) in [6, 6.07) is 10.9. The number of hydrogen-bond acceptors (Lipinski definition) is 3. The Morgan fingerprint density at radius 3 is 2.56 bits per heavy atom. The van der Waals surface area contributed by atoms with Gasteiger partial charge in [-0.05, 0) is 26.5 Å². The predicted molar refractivity (Wildman–Crippen MR) is 72.0 cm³/mol. The van der Waals surface area contributed by atoms with Crippen molar-refractivity contribution in [2.75, 3.05) is 7.05 Å². The van der Waals surface area contributed by atoms with E-state index in [-0.39, 0.29) is 0 Å². The Hall–Kier alpha value is -1.68. The summed E-state index contributed by atoms with van der Waals surface area (Å²) in [5.41, 5.74) is 1.32. The van der Waals surface area contributed by atoms with E-state index in [2.05, 4.69) is 64.8 Å². The molecule has 1 aromatic heterocycles. The SMILES string of the molecule is CC(C)n1cnnc1CN(C)Cc1ccccc1. The first-order chi connectivity index (χ1) is 8.66. The van der Waals surface area contributed by atoms with E-state index < -0.39 is 0 Å². The van der Waals surface area contributed by atoms with Crippen molar-refractivity contribution >= 4 is 0 Å². The van der Waals surface area contributed by atoms with Gasteiger partial charge in [0.25, 0.3) is 0 Å². The molecule has 0 bridgehead atoms. The zero-order valence-electron chi connectivity index (χ0n) is 11.2. The van der Waals surface area contributed by atoms with Crippen LogP contribution in [0, 0.1) is 0 Å². The molecule has 18 heavy (non-hydrogen) atoms. The van der Waals surface area contributed by atoms with Crippen molar-refractivity contribution in [3.8, 4) is 0 Å². The fourth-order valence-corrected chi connectivity index (χ4v) is 2.00. The lowest BCUT2D eigenvalue weighted by Gasteiger charge is -2.18. The molecule has 0 spiro atoms. The van der Waals surface area contributed by atoms with E-state index in [4.69, 9.17) is 0 Å². The Labute approximate surface area is 108 Å². The molecule has 0 N–H and O–H groups in total. The third-order valence-corrected chi connectivity index (χ3v) is 2.91. The number of nitrogens with zero attached hydrogens (tertiary/aromatic N) is 4. The first-order valence-corrected chi connectivity index (χ1v) is 6.27. The van der Waals surface area contributed by atoms with Crippen molar-refractivity contribution in [2.24, 2.45) is 0 Å². The first-order valence-electron chi connectivity index (χ1n) is 6.27. The maximum Gasteiger partial charge on any atom is 0.147 e. The molecule has 2 aromatic rings. The Morgan fingerprint density at radius 1 is 1.17 bits per heavy atom. The lowest BCUT2D eigenvalue weighted by atomic mass is 10.2. The second kappa shape index (κ2) is 5.78. The largest absolute Gasteiger partial charge is 0.314 e. The molecule has 0 saturated carbocycles. The first kappa shape index (κ1) is 12.8. The summed E-state index contributed by atoms with van der Waals surface area (Å²) < 4.78 is 2.11. The van der Waals surface area contributed by atoms with Crippen LogP contribution in [0.5, 0.6) is 0 Å². The lowest BCUT2D eigenvalue weighted by molar-refractivity contribution is 0.302. The van der Waals surface area contributed by atoms with E-state index in [1.807, 2.05) is 6.07 Å². The summed E-state index contributed by atoms with van der Waals surface area (Å²) in [5.74, 6) is 1.02. The minimum Gasteiger partial charge on any atom is -0.314 e. The molecule has 0 unspecified atom stereocenters. The van der Waals surface area contributed by atoms with Crippen molar-refractivity contribution in [3.63, 3.8) is 0 Å². The van der Waals surface area contributed by atoms with Gasteiger partial charge in [0.2, 0.25) is 0 Å². The summed E-state index contributed by atoms with van der Waals surface area (Å²) in [4.78, 5) is 2.25. The van der Waals surface area contributed by atoms with Crippen LogP contribution in [0.15, 0.2) is 36.7 Å². The van der Waals surface area contributed by atoms with Gasteiger partial charge in [0, 0.05) is 12.6 Å². The Morgan fingerprint density at radius 2 is 1.89 bits per heavy atom. The van der Waals surface area contributed by atoms with Crippen molar-refractivity contribution in [3.05, 3.63) is 48.0 Å². The molecule has 0 radical (unpaired) electrons. The van der Waals surface area contributed by atoms with Crippen LogP contribution in [-0.2, 0) is 13.1 Å². The van der Waals surface area contributed by atoms with Gasteiger partial charge in [0.05, 0.1) is 6.54 Å². The molecule has 0 saturated heterocycles. The Kier molecular flexibility index (Phi) is 4.10. The van der Waals surface area contributed by atoms with E-state index in [9.17, 15) is 0 Å². The van der Waals surface area contributed by atoms with E-state index in [0.717, 1.165) is 18.9 Å². The summed E-state index contributed by atoms with van der Waals surface area (Å²) >= 11 is 0. The molecule has 0 aliphatic carbocycles. The number of aromatic nitrogens is 3. The molecule has 0 aliphatic rings. The van der Waals surface area contributed by atoms with Gasteiger partial charge in [-0.1, -0.05) is 30.3 Å². The van der Waals surface area contributed by atoms with Gasteiger partial charge in [0.1, 0.15) is 12.2 Å². The van der Waals surface area contributed by atoms with Crippen molar-refractivity contribution in [1.82, 2.24) is 19.7 Å². The van der Waals surface area contributed by atoms with Crippen LogP contribution in [0.1, 0.15) is 31.3 Å². The molecule has 0 fully saturated rings. The number of hydrogen-bond donors (Lipinski definition) is 0. The monoisotopic (exact) mass is 244 g/mol. The van der Waals surface area contributed by atoms with E-state index in [1.54, 1.807) is 6.33 Å². The van der Waals surface area contributed by atoms with Crippen LogP contribution in [0.2, 0.25) is 0 Å².